The van der Waals surface area contributed by atoms with E-state index in [-0.39, 0.29) is 16.8 Å². The van der Waals surface area contributed by atoms with Crippen LogP contribution in [0.25, 0.3) is 11.0 Å². The average molecular weight is 396 g/mol. The van der Waals surface area contributed by atoms with E-state index in [1.807, 2.05) is 0 Å². The summed E-state index contributed by atoms with van der Waals surface area (Å²) in [5.41, 5.74) is -1.15. The van der Waals surface area contributed by atoms with E-state index < -0.39 is 23.0 Å². The molecule has 6 nitrogen and oxygen atoms in total. The largest absolute Gasteiger partial charge is 0.416 e. The zero-order valence-electron chi connectivity index (χ0n) is 14.7. The first-order chi connectivity index (χ1) is 12.6. The molecule has 0 N–H and O–H groups in total. The highest BCUT2D eigenvalue weighted by Crippen LogP contribution is 2.31. The standard InChI is InChI=1S/C17H15F3N4O2S/c1-9-21-13-12(15(25)24(3)16(26)23(13)2)14(22-9)27-8-10-5-4-6-11(7-10)17(18,19)20/h4-7H,8H2,1-3H3. The molecular weight excluding hydrogens is 381 g/mol. The topological polar surface area (TPSA) is 69.8 Å². The van der Waals surface area contributed by atoms with E-state index in [2.05, 4.69) is 9.97 Å². The number of fused-ring (bicyclic) bond motifs is 1. The van der Waals surface area contributed by atoms with Gasteiger partial charge in [-0.1, -0.05) is 18.2 Å². The van der Waals surface area contributed by atoms with Crippen LogP contribution in [-0.2, 0) is 26.0 Å². The van der Waals surface area contributed by atoms with Crippen LogP contribution in [0.1, 0.15) is 17.0 Å². The van der Waals surface area contributed by atoms with Gasteiger partial charge in [0.25, 0.3) is 5.56 Å². The molecule has 2 heterocycles. The first-order valence-corrected chi connectivity index (χ1v) is 8.81. The van der Waals surface area contributed by atoms with Crippen LogP contribution in [0.2, 0.25) is 0 Å². The minimum absolute atomic E-state index is 0.169. The van der Waals surface area contributed by atoms with Crippen molar-refractivity contribution in [1.82, 2.24) is 19.1 Å². The second kappa shape index (κ2) is 6.84. The first kappa shape index (κ1) is 19.2. The van der Waals surface area contributed by atoms with Crippen molar-refractivity contribution in [3.8, 4) is 0 Å². The lowest BCUT2D eigenvalue weighted by Gasteiger charge is -2.11. The molecule has 0 fully saturated rings. The minimum atomic E-state index is -4.42. The van der Waals surface area contributed by atoms with Crippen molar-refractivity contribution in [3.05, 3.63) is 62.1 Å². The van der Waals surface area contributed by atoms with Gasteiger partial charge in [0.2, 0.25) is 0 Å². The van der Waals surface area contributed by atoms with Gasteiger partial charge in [0, 0.05) is 19.8 Å². The van der Waals surface area contributed by atoms with Crippen molar-refractivity contribution in [3.63, 3.8) is 0 Å². The van der Waals surface area contributed by atoms with Gasteiger partial charge >= 0.3 is 11.9 Å². The highest BCUT2D eigenvalue weighted by atomic mass is 32.2. The molecule has 0 amide bonds. The molecule has 0 unspecified atom stereocenters. The molecule has 3 rings (SSSR count). The minimum Gasteiger partial charge on any atom is -0.280 e. The van der Waals surface area contributed by atoms with E-state index in [1.165, 1.54) is 24.7 Å². The second-order valence-electron chi connectivity index (χ2n) is 5.97. The fourth-order valence-electron chi connectivity index (χ4n) is 2.63. The number of hydrogen-bond donors (Lipinski definition) is 0. The molecule has 0 aliphatic carbocycles. The highest BCUT2D eigenvalue weighted by Gasteiger charge is 2.30. The molecule has 0 saturated carbocycles. The predicted molar refractivity (Wildman–Crippen MR) is 95.8 cm³/mol. The van der Waals surface area contributed by atoms with Gasteiger partial charge in [-0.2, -0.15) is 13.2 Å². The molecule has 0 saturated heterocycles. The predicted octanol–water partition coefficient (Wildman–Crippen LogP) is 2.65. The maximum absolute atomic E-state index is 12.9. The Morgan fingerprint density at radius 3 is 2.48 bits per heavy atom. The van der Waals surface area contributed by atoms with Crippen LogP contribution >= 0.6 is 11.8 Å². The van der Waals surface area contributed by atoms with Crippen LogP contribution < -0.4 is 11.2 Å². The van der Waals surface area contributed by atoms with E-state index in [1.54, 1.807) is 13.0 Å². The molecule has 3 aromatic rings. The number of nitrogens with zero attached hydrogens (tertiary/aromatic N) is 4. The molecule has 0 atom stereocenters. The third kappa shape index (κ3) is 3.61. The quantitative estimate of drug-likeness (QED) is 0.503. The molecule has 0 aliphatic heterocycles. The molecule has 142 valence electrons. The van der Waals surface area contributed by atoms with Gasteiger partial charge in [0.05, 0.1) is 5.56 Å². The van der Waals surface area contributed by atoms with Crippen molar-refractivity contribution < 1.29 is 13.2 Å². The van der Waals surface area contributed by atoms with Crippen molar-refractivity contribution in [2.45, 2.75) is 23.9 Å². The van der Waals surface area contributed by atoms with E-state index in [4.69, 9.17) is 0 Å². The lowest BCUT2D eigenvalue weighted by Crippen LogP contribution is -2.37. The molecule has 0 bridgehead atoms. The number of thioether (sulfide) groups is 1. The highest BCUT2D eigenvalue weighted by molar-refractivity contribution is 7.98. The number of benzene rings is 1. The molecule has 0 aliphatic rings. The zero-order chi connectivity index (χ0) is 19.9. The summed E-state index contributed by atoms with van der Waals surface area (Å²) in [5, 5.41) is 0.494. The summed E-state index contributed by atoms with van der Waals surface area (Å²) in [4.78, 5) is 33.1. The van der Waals surface area contributed by atoms with Gasteiger partial charge in [-0.25, -0.2) is 14.8 Å². The second-order valence-corrected chi connectivity index (χ2v) is 6.93. The van der Waals surface area contributed by atoms with Crippen LogP contribution in [0.4, 0.5) is 13.2 Å². The van der Waals surface area contributed by atoms with Gasteiger partial charge < -0.3 is 0 Å². The fourth-order valence-corrected chi connectivity index (χ4v) is 3.63. The fraction of sp³-hybridized carbons (Fsp3) is 0.294. The van der Waals surface area contributed by atoms with E-state index >= 15 is 0 Å². The lowest BCUT2D eigenvalue weighted by molar-refractivity contribution is -0.137. The van der Waals surface area contributed by atoms with E-state index in [0.29, 0.717) is 16.4 Å². The van der Waals surface area contributed by atoms with Crippen LogP contribution in [0.3, 0.4) is 0 Å². The normalized spacial score (nSPS) is 11.9. The van der Waals surface area contributed by atoms with Crippen molar-refractivity contribution in [2.75, 3.05) is 0 Å². The van der Waals surface area contributed by atoms with Gasteiger partial charge in [-0.3, -0.25) is 13.9 Å². The van der Waals surface area contributed by atoms with Crippen LogP contribution in [-0.4, -0.2) is 19.1 Å². The van der Waals surface area contributed by atoms with Gasteiger partial charge in [-0.15, -0.1) is 11.8 Å². The Morgan fingerprint density at radius 1 is 1.11 bits per heavy atom. The Hall–Kier alpha value is -2.62. The monoisotopic (exact) mass is 396 g/mol. The molecular formula is C17H15F3N4O2S. The summed E-state index contributed by atoms with van der Waals surface area (Å²) in [6.07, 6.45) is -4.42. The molecule has 27 heavy (non-hydrogen) atoms. The molecule has 0 spiro atoms. The summed E-state index contributed by atoms with van der Waals surface area (Å²) in [7, 11) is 2.85. The molecule has 2 aromatic heterocycles. The molecule has 1 aromatic carbocycles. The number of aryl methyl sites for hydroxylation is 2. The third-order valence-corrected chi connectivity index (χ3v) is 5.05. The number of alkyl halides is 3. The van der Waals surface area contributed by atoms with E-state index in [9.17, 15) is 22.8 Å². The zero-order valence-corrected chi connectivity index (χ0v) is 15.5. The third-order valence-electron chi connectivity index (χ3n) is 4.01. The Kier molecular flexibility index (Phi) is 4.85. The van der Waals surface area contributed by atoms with Gasteiger partial charge in [0.1, 0.15) is 16.2 Å². The number of halogens is 3. The number of aromatic nitrogens is 4. The van der Waals surface area contributed by atoms with Gasteiger partial charge in [-0.05, 0) is 18.6 Å². The Balaban J connectivity index is 2.06. The number of hydrogen-bond acceptors (Lipinski definition) is 5. The van der Waals surface area contributed by atoms with Crippen molar-refractivity contribution in [1.29, 1.82) is 0 Å². The summed E-state index contributed by atoms with van der Waals surface area (Å²) in [5.74, 6) is 0.541. The smallest absolute Gasteiger partial charge is 0.280 e. The Morgan fingerprint density at radius 2 is 1.81 bits per heavy atom. The molecule has 10 heteroatoms. The Bertz CT molecular complexity index is 1150. The SMILES string of the molecule is Cc1nc(SCc2cccc(C(F)(F)F)c2)c2c(=O)n(C)c(=O)n(C)c2n1. The maximum Gasteiger partial charge on any atom is 0.416 e. The lowest BCUT2D eigenvalue weighted by atomic mass is 10.1. The van der Waals surface area contributed by atoms with Crippen molar-refractivity contribution in [2.24, 2.45) is 14.1 Å². The number of rotatable bonds is 3. The molecule has 0 radical (unpaired) electrons. The van der Waals surface area contributed by atoms with Crippen molar-refractivity contribution >= 4 is 22.8 Å². The van der Waals surface area contributed by atoms with E-state index in [0.717, 1.165) is 28.5 Å². The first-order valence-electron chi connectivity index (χ1n) is 7.83. The summed E-state index contributed by atoms with van der Waals surface area (Å²) < 4.78 is 40.8. The summed E-state index contributed by atoms with van der Waals surface area (Å²) >= 11 is 1.13. The average Bonchev–Trinajstić information content (AvgIpc) is 2.62. The van der Waals surface area contributed by atoms with Gasteiger partial charge in [0.15, 0.2) is 5.65 Å². The Labute approximate surface area is 155 Å². The summed E-state index contributed by atoms with van der Waals surface area (Å²) in [6, 6.07) is 4.98. The van der Waals surface area contributed by atoms with Crippen LogP contribution in [0.5, 0.6) is 0 Å². The van der Waals surface area contributed by atoms with Crippen LogP contribution in [0, 0.1) is 6.92 Å². The maximum atomic E-state index is 12.9. The van der Waals surface area contributed by atoms with Crippen LogP contribution in [0.15, 0.2) is 38.9 Å². The summed E-state index contributed by atoms with van der Waals surface area (Å²) in [6.45, 7) is 1.62.